The van der Waals surface area contributed by atoms with E-state index in [-0.39, 0.29) is 12.3 Å². The third-order valence-electron chi connectivity index (χ3n) is 0.622. The average molecular weight is 148 g/mol. The first-order valence-electron chi connectivity index (χ1n) is 3.69. The number of hydrogen-bond acceptors (Lipinski definition) is 3. The molecule has 0 fully saturated rings. The van der Waals surface area contributed by atoms with Crippen LogP contribution in [0.4, 0.5) is 0 Å². The van der Waals surface area contributed by atoms with Crippen molar-refractivity contribution in [2.24, 2.45) is 11.5 Å². The van der Waals surface area contributed by atoms with E-state index in [9.17, 15) is 0 Å². The van der Waals surface area contributed by atoms with Gasteiger partial charge in [-0.3, -0.25) is 0 Å². The van der Waals surface area contributed by atoms with Crippen LogP contribution in [0.25, 0.3) is 0 Å². The van der Waals surface area contributed by atoms with Gasteiger partial charge in [-0.15, -0.1) is 0 Å². The molecule has 0 radical (unpaired) electrons. The summed E-state index contributed by atoms with van der Waals surface area (Å²) in [6.07, 6.45) is 1.74. The molecule has 64 valence electrons. The van der Waals surface area contributed by atoms with E-state index in [4.69, 9.17) is 16.6 Å². The molecule has 3 nitrogen and oxygen atoms in total. The van der Waals surface area contributed by atoms with E-state index in [0.29, 0.717) is 0 Å². The third-order valence-corrected chi connectivity index (χ3v) is 0.622. The van der Waals surface area contributed by atoms with Crippen LogP contribution < -0.4 is 11.5 Å². The van der Waals surface area contributed by atoms with Crippen molar-refractivity contribution in [1.82, 2.24) is 0 Å². The highest BCUT2D eigenvalue weighted by atomic mass is 16.3. The van der Waals surface area contributed by atoms with Gasteiger partial charge in [0.2, 0.25) is 0 Å². The maximum Gasteiger partial charge on any atom is 0.0520 e. The van der Waals surface area contributed by atoms with Crippen LogP contribution in [0.3, 0.4) is 0 Å². The number of aliphatic hydroxyl groups excluding tert-OH is 1. The molecule has 0 amide bonds. The Morgan fingerprint density at radius 3 is 1.60 bits per heavy atom. The van der Waals surface area contributed by atoms with Crippen molar-refractivity contribution in [3.8, 4) is 0 Å². The van der Waals surface area contributed by atoms with Crippen LogP contribution in [0.2, 0.25) is 0 Å². The largest absolute Gasteiger partial charge is 0.394 e. The van der Waals surface area contributed by atoms with E-state index in [2.05, 4.69) is 6.92 Å². The minimum Gasteiger partial charge on any atom is -0.394 e. The first-order valence-corrected chi connectivity index (χ1v) is 3.69. The highest BCUT2D eigenvalue weighted by Crippen LogP contribution is 1.82. The molecule has 0 atom stereocenters. The quantitative estimate of drug-likeness (QED) is 0.497. The maximum atomic E-state index is 8.06. The van der Waals surface area contributed by atoms with Crippen LogP contribution in [0.15, 0.2) is 0 Å². The van der Waals surface area contributed by atoms with Gasteiger partial charge in [-0.25, -0.2) is 0 Å². The van der Waals surface area contributed by atoms with Crippen molar-refractivity contribution in [3.05, 3.63) is 0 Å². The van der Waals surface area contributed by atoms with Crippen LogP contribution in [0.5, 0.6) is 0 Å². The number of aliphatic hydroxyl groups is 1. The van der Waals surface area contributed by atoms with Gasteiger partial charge < -0.3 is 16.6 Å². The molecule has 0 heterocycles. The first-order chi connectivity index (χ1) is 4.50. The number of rotatable bonds is 2. The van der Waals surface area contributed by atoms with E-state index in [0.717, 1.165) is 12.8 Å². The zero-order valence-electron chi connectivity index (χ0n) is 7.17. The van der Waals surface area contributed by atoms with Gasteiger partial charge >= 0.3 is 0 Å². The van der Waals surface area contributed by atoms with E-state index < -0.39 is 0 Å². The molecule has 0 aromatic rings. The van der Waals surface area contributed by atoms with Crippen molar-refractivity contribution in [2.75, 3.05) is 0 Å². The fourth-order valence-corrected chi connectivity index (χ4v) is 0.333. The Labute approximate surface area is 63.4 Å². The van der Waals surface area contributed by atoms with E-state index >= 15 is 0 Å². The highest BCUT2D eigenvalue weighted by molar-refractivity contribution is 4.45. The summed E-state index contributed by atoms with van der Waals surface area (Å²) in [5.74, 6) is 0. The molecule has 0 aliphatic rings. The summed E-state index contributed by atoms with van der Waals surface area (Å²) in [6.45, 7) is 5.51. The molecule has 5 N–H and O–H groups in total. The van der Waals surface area contributed by atoms with Crippen molar-refractivity contribution in [2.45, 2.75) is 45.9 Å². The summed E-state index contributed by atoms with van der Waals surface area (Å²) in [5.41, 5.74) is 10.4. The molecule has 0 aliphatic carbocycles. The minimum atomic E-state index is -0.167. The summed E-state index contributed by atoms with van der Waals surface area (Å²) in [4.78, 5) is 0. The van der Waals surface area contributed by atoms with Gasteiger partial charge in [0.05, 0.1) is 6.17 Å². The second-order valence-corrected chi connectivity index (χ2v) is 2.55. The van der Waals surface area contributed by atoms with Crippen molar-refractivity contribution in [1.29, 1.82) is 0 Å². The maximum absolute atomic E-state index is 8.06. The standard InChI is InChI=1S/C4H12N2.C3H8O/c1-2-3-4(5)6;1-3(2)4/h4H,2-3,5-6H2,1H3;3-4H,1-2H3. The molecule has 0 aromatic heterocycles. The lowest BCUT2D eigenvalue weighted by Crippen LogP contribution is -2.29. The van der Waals surface area contributed by atoms with Crippen molar-refractivity contribution >= 4 is 0 Å². The molecule has 0 aromatic carbocycles. The Hall–Kier alpha value is -0.120. The molecule has 0 saturated carbocycles. The molecule has 0 aliphatic heterocycles. The predicted octanol–water partition coefficient (Wildman–Crippen LogP) is 0.417. The third kappa shape index (κ3) is 45.0. The Balaban J connectivity index is 0. The molecule has 3 heteroatoms. The summed E-state index contributed by atoms with van der Waals surface area (Å²) in [5, 5.41) is 8.06. The van der Waals surface area contributed by atoms with E-state index in [1.54, 1.807) is 13.8 Å². The lowest BCUT2D eigenvalue weighted by Gasteiger charge is -1.97. The Kier molecular flexibility index (Phi) is 11.1. The molecule has 0 rings (SSSR count). The predicted molar refractivity (Wildman–Crippen MR) is 44.4 cm³/mol. The van der Waals surface area contributed by atoms with Gasteiger partial charge in [-0.2, -0.15) is 0 Å². The summed E-state index contributed by atoms with van der Waals surface area (Å²) < 4.78 is 0. The van der Waals surface area contributed by atoms with Crippen LogP contribution in [-0.4, -0.2) is 17.4 Å². The lowest BCUT2D eigenvalue weighted by molar-refractivity contribution is 0.216. The van der Waals surface area contributed by atoms with Gasteiger partial charge in [0.25, 0.3) is 0 Å². The van der Waals surface area contributed by atoms with E-state index in [1.165, 1.54) is 0 Å². The van der Waals surface area contributed by atoms with Gasteiger partial charge in [0.15, 0.2) is 0 Å². The summed E-state index contributed by atoms with van der Waals surface area (Å²) in [6, 6.07) is 0. The molecule has 0 bridgehead atoms. The summed E-state index contributed by atoms with van der Waals surface area (Å²) >= 11 is 0. The van der Waals surface area contributed by atoms with Crippen LogP contribution >= 0.6 is 0 Å². The van der Waals surface area contributed by atoms with Crippen LogP contribution in [-0.2, 0) is 0 Å². The van der Waals surface area contributed by atoms with Crippen LogP contribution in [0.1, 0.15) is 33.6 Å². The normalized spacial score (nSPS) is 9.60. The highest BCUT2D eigenvalue weighted by Gasteiger charge is 1.85. The number of nitrogens with two attached hydrogens (primary N) is 2. The van der Waals surface area contributed by atoms with Crippen LogP contribution in [0, 0.1) is 0 Å². The van der Waals surface area contributed by atoms with Gasteiger partial charge in [0.1, 0.15) is 0 Å². The fourth-order valence-electron chi connectivity index (χ4n) is 0.333. The molecular formula is C7H20N2O. The Morgan fingerprint density at radius 1 is 1.30 bits per heavy atom. The summed E-state index contributed by atoms with van der Waals surface area (Å²) in [7, 11) is 0. The zero-order chi connectivity index (χ0) is 8.57. The molecular weight excluding hydrogens is 128 g/mol. The average Bonchev–Trinajstić information content (AvgIpc) is 1.62. The van der Waals surface area contributed by atoms with Crippen molar-refractivity contribution in [3.63, 3.8) is 0 Å². The van der Waals surface area contributed by atoms with Gasteiger partial charge in [-0.1, -0.05) is 13.3 Å². The molecule has 10 heavy (non-hydrogen) atoms. The monoisotopic (exact) mass is 148 g/mol. The SMILES string of the molecule is CC(C)O.CCCC(N)N. The van der Waals surface area contributed by atoms with Gasteiger partial charge in [-0.05, 0) is 20.3 Å². The Bertz CT molecular complexity index is 52.8. The van der Waals surface area contributed by atoms with Crippen molar-refractivity contribution < 1.29 is 5.11 Å². The second-order valence-electron chi connectivity index (χ2n) is 2.55. The smallest absolute Gasteiger partial charge is 0.0520 e. The fraction of sp³-hybridized carbons (Fsp3) is 1.00. The van der Waals surface area contributed by atoms with Gasteiger partial charge in [0, 0.05) is 6.10 Å². The molecule has 0 saturated heterocycles. The lowest BCUT2D eigenvalue weighted by atomic mass is 10.3. The Morgan fingerprint density at radius 2 is 1.60 bits per heavy atom. The first kappa shape index (κ1) is 12.5. The second kappa shape index (κ2) is 8.88. The van der Waals surface area contributed by atoms with E-state index in [1.807, 2.05) is 0 Å². The topological polar surface area (TPSA) is 72.3 Å². The zero-order valence-corrected chi connectivity index (χ0v) is 7.17. The molecule has 0 unspecified atom stereocenters. The molecule has 0 spiro atoms. The number of hydrogen-bond donors (Lipinski definition) is 3. The minimum absolute atomic E-state index is 0.102.